The van der Waals surface area contributed by atoms with Crippen molar-refractivity contribution in [2.24, 2.45) is 0 Å². The third-order valence-corrected chi connectivity index (χ3v) is 9.57. The molecule has 2 nitrogen and oxygen atoms in total. The van der Waals surface area contributed by atoms with Crippen LogP contribution in [0.5, 0.6) is 0 Å². The minimum atomic E-state index is -2.34. The molecule has 0 fully saturated rings. The fourth-order valence-electron chi connectivity index (χ4n) is 3.60. The van der Waals surface area contributed by atoms with Gasteiger partial charge in [-0.3, -0.25) is 0 Å². The monoisotopic (exact) mass is 383 g/mol. The number of carbonyl (C=O) groups is 1. The molecule has 0 bridgehead atoms. The molecule has 0 atom stereocenters. The Bertz CT molecular complexity index is 768. The van der Waals surface area contributed by atoms with Crippen molar-refractivity contribution in [3.63, 3.8) is 0 Å². The average Bonchev–Trinajstić information content (AvgIpc) is 2.64. The number of halogens is 1. The van der Waals surface area contributed by atoms with Gasteiger partial charge in [0.05, 0.1) is 0 Å². The van der Waals surface area contributed by atoms with Gasteiger partial charge in [0.2, 0.25) is 5.34 Å². The molecular weight excluding hydrogens is 363 g/mol. The first-order chi connectivity index (χ1) is 12.5. The van der Waals surface area contributed by atoms with Crippen molar-refractivity contribution < 1.29 is 9.53 Å². The minimum Gasteiger partial charge on any atom is -0.412 e. The molecule has 0 unspecified atom stereocenters. The zero-order chi connectivity index (χ0) is 18.6. The van der Waals surface area contributed by atoms with E-state index in [2.05, 4.69) is 36.4 Å². The van der Waals surface area contributed by atoms with Gasteiger partial charge in [-0.15, -0.1) is 0 Å². The molecule has 0 radical (unpaired) electrons. The maximum Gasteiger partial charge on any atom is 0.407 e. The lowest BCUT2D eigenvalue weighted by atomic mass is 10.3. The second-order valence-corrected chi connectivity index (χ2v) is 10.7. The lowest BCUT2D eigenvalue weighted by Crippen LogP contribution is -2.46. The molecule has 132 valence electrons. The van der Waals surface area contributed by atoms with Crippen molar-refractivity contribution in [1.29, 1.82) is 0 Å². The van der Waals surface area contributed by atoms with Crippen LogP contribution in [0.2, 0.25) is 0 Å². The lowest BCUT2D eigenvalue weighted by Gasteiger charge is -2.38. The van der Waals surface area contributed by atoms with Crippen LogP contribution < -0.4 is 15.9 Å². The Morgan fingerprint density at radius 3 is 1.31 bits per heavy atom. The van der Waals surface area contributed by atoms with E-state index < -0.39 is 18.0 Å². The number of carbonyl (C=O) groups excluding carboxylic acids is 1. The predicted octanol–water partition coefficient (Wildman–Crippen LogP) is 5.09. The van der Waals surface area contributed by atoms with Crippen molar-refractivity contribution >= 4 is 40.2 Å². The second kappa shape index (κ2) is 7.61. The first-order valence-corrected chi connectivity index (χ1v) is 10.6. The molecule has 0 aliphatic rings. The smallest absolute Gasteiger partial charge is 0.407 e. The van der Waals surface area contributed by atoms with Crippen LogP contribution in [0.1, 0.15) is 13.8 Å². The molecule has 26 heavy (non-hydrogen) atoms. The van der Waals surface area contributed by atoms with Crippen LogP contribution in [0.15, 0.2) is 91.0 Å². The van der Waals surface area contributed by atoms with Crippen LogP contribution in [0, 0.1) is 0 Å². The van der Waals surface area contributed by atoms with Crippen LogP contribution in [0.25, 0.3) is 0 Å². The first kappa shape index (κ1) is 18.6. The summed E-state index contributed by atoms with van der Waals surface area (Å²) in [4.78, 5) is 11.8. The van der Waals surface area contributed by atoms with Crippen molar-refractivity contribution in [1.82, 2.24) is 0 Å². The quantitative estimate of drug-likeness (QED) is 0.453. The van der Waals surface area contributed by atoms with Gasteiger partial charge in [-0.2, -0.15) is 0 Å². The molecule has 0 N–H and O–H groups in total. The van der Waals surface area contributed by atoms with Gasteiger partial charge >= 0.3 is 5.43 Å². The Morgan fingerprint density at radius 1 is 0.731 bits per heavy atom. The highest BCUT2D eigenvalue weighted by Gasteiger charge is 2.60. The molecule has 3 aromatic rings. The Balaban J connectivity index is 2.41. The summed E-state index contributed by atoms with van der Waals surface area (Å²) in [5.41, 5.74) is -0.790. The molecule has 4 heteroatoms. The number of hydrogen-bond acceptors (Lipinski definition) is 2. The van der Waals surface area contributed by atoms with E-state index in [0.717, 1.165) is 15.9 Å². The van der Waals surface area contributed by atoms with E-state index in [1.807, 2.05) is 68.4 Å². The van der Waals surface area contributed by atoms with E-state index >= 15 is 0 Å². The number of hydrogen-bond donors (Lipinski definition) is 0. The minimum absolute atomic E-state index is 0.790. The summed E-state index contributed by atoms with van der Waals surface area (Å²) in [7, 11) is -2.34. The zero-order valence-electron chi connectivity index (χ0n) is 14.8. The Kier molecular flexibility index (Phi) is 5.46. The van der Waals surface area contributed by atoms with Gasteiger partial charge in [-0.05, 0) is 36.4 Å². The van der Waals surface area contributed by atoms with Gasteiger partial charge in [0, 0.05) is 25.4 Å². The molecule has 3 aromatic carbocycles. The SMILES string of the molecule is CC(C)(OC(=O)Cl)[P+](c1ccccc1)(c1ccccc1)c1ccccc1. The maximum atomic E-state index is 11.8. The normalized spacial score (nSPS) is 11.8. The molecule has 0 heterocycles. The van der Waals surface area contributed by atoms with Crippen LogP contribution in [-0.2, 0) is 4.74 Å². The summed E-state index contributed by atoms with van der Waals surface area (Å²) in [6, 6.07) is 30.8. The summed E-state index contributed by atoms with van der Waals surface area (Å²) in [6.45, 7) is 3.90. The van der Waals surface area contributed by atoms with Crippen LogP contribution >= 0.6 is 18.9 Å². The summed E-state index contributed by atoms with van der Waals surface area (Å²) in [5.74, 6) is 0. The van der Waals surface area contributed by atoms with E-state index in [9.17, 15) is 4.79 Å². The van der Waals surface area contributed by atoms with Gasteiger partial charge in [0.15, 0.2) is 7.26 Å². The molecule has 3 rings (SSSR count). The van der Waals surface area contributed by atoms with Crippen LogP contribution in [0.3, 0.4) is 0 Å². The maximum absolute atomic E-state index is 11.8. The summed E-state index contributed by atoms with van der Waals surface area (Å²) in [5, 5.41) is 2.59. The van der Waals surface area contributed by atoms with E-state index in [-0.39, 0.29) is 0 Å². The highest BCUT2D eigenvalue weighted by Crippen LogP contribution is 2.66. The van der Waals surface area contributed by atoms with Gasteiger partial charge < -0.3 is 4.74 Å². The third-order valence-electron chi connectivity index (χ3n) is 4.57. The highest BCUT2D eigenvalue weighted by molar-refractivity contribution is 7.96. The van der Waals surface area contributed by atoms with Crippen molar-refractivity contribution in [3.05, 3.63) is 91.0 Å². The topological polar surface area (TPSA) is 26.3 Å². The van der Waals surface area contributed by atoms with E-state index in [4.69, 9.17) is 16.3 Å². The molecule has 0 saturated carbocycles. The summed E-state index contributed by atoms with van der Waals surface area (Å²) in [6.07, 6.45) is 0. The Morgan fingerprint density at radius 2 is 1.04 bits per heavy atom. The number of benzene rings is 3. The highest BCUT2D eigenvalue weighted by atomic mass is 35.5. The van der Waals surface area contributed by atoms with E-state index in [1.165, 1.54) is 0 Å². The second-order valence-electron chi connectivity index (χ2n) is 6.46. The van der Waals surface area contributed by atoms with Crippen molar-refractivity contribution in [3.8, 4) is 0 Å². The summed E-state index contributed by atoms with van der Waals surface area (Å²) >= 11 is 5.69. The number of rotatable bonds is 5. The van der Waals surface area contributed by atoms with Crippen LogP contribution in [-0.4, -0.2) is 10.8 Å². The predicted molar refractivity (Wildman–Crippen MR) is 112 cm³/mol. The average molecular weight is 384 g/mol. The van der Waals surface area contributed by atoms with Crippen molar-refractivity contribution in [2.75, 3.05) is 0 Å². The van der Waals surface area contributed by atoms with Gasteiger partial charge in [0.25, 0.3) is 0 Å². The largest absolute Gasteiger partial charge is 0.412 e. The third kappa shape index (κ3) is 3.28. The molecule has 0 aliphatic heterocycles. The molecule has 0 amide bonds. The van der Waals surface area contributed by atoms with E-state index in [0.29, 0.717) is 0 Å². The Hall–Kier alpha value is -2.15. The molecule has 0 aliphatic carbocycles. The fraction of sp³-hybridized carbons (Fsp3) is 0.136. The molecule has 0 aromatic heterocycles. The lowest BCUT2D eigenvalue weighted by molar-refractivity contribution is 0.118. The summed E-state index contributed by atoms with van der Waals surface area (Å²) < 4.78 is 5.74. The van der Waals surface area contributed by atoms with Gasteiger partial charge in [-0.1, -0.05) is 54.6 Å². The van der Waals surface area contributed by atoms with Crippen LogP contribution in [0.4, 0.5) is 4.79 Å². The first-order valence-electron chi connectivity index (χ1n) is 8.43. The molecule has 0 spiro atoms. The van der Waals surface area contributed by atoms with E-state index in [1.54, 1.807) is 0 Å². The van der Waals surface area contributed by atoms with Gasteiger partial charge in [0.1, 0.15) is 15.9 Å². The number of ether oxygens (including phenoxy) is 1. The van der Waals surface area contributed by atoms with Crippen molar-refractivity contribution in [2.45, 2.75) is 19.2 Å². The molecular formula is C22H21ClO2P+. The fourth-order valence-corrected chi connectivity index (χ4v) is 8.68. The van der Waals surface area contributed by atoms with Gasteiger partial charge in [-0.25, -0.2) is 4.79 Å². The zero-order valence-corrected chi connectivity index (χ0v) is 16.5. The molecule has 0 saturated heterocycles. The standard InChI is InChI=1S/C22H21ClO2P/c1-22(2,25-21(23)24)26(18-12-6-3-7-13-18,19-14-8-4-9-15-19)20-16-10-5-11-17-20/h3-17H,1-2H3/q+1. The Labute approximate surface area is 160 Å².